The van der Waals surface area contributed by atoms with Gasteiger partial charge in [-0.05, 0) is 36.4 Å². The number of methoxy groups -OCH3 is 1. The van der Waals surface area contributed by atoms with E-state index in [0.29, 0.717) is 17.1 Å². The first-order valence-electron chi connectivity index (χ1n) is 8.73. The number of nitrogens with zero attached hydrogens (tertiary/aromatic N) is 1. The van der Waals surface area contributed by atoms with E-state index in [1.54, 1.807) is 36.4 Å². The number of ether oxygens (including phenoxy) is 2. The molecule has 28 heavy (non-hydrogen) atoms. The van der Waals surface area contributed by atoms with Gasteiger partial charge in [-0.25, -0.2) is 0 Å². The molecule has 0 bridgehead atoms. The quantitative estimate of drug-likeness (QED) is 0.307. The zero-order valence-corrected chi connectivity index (χ0v) is 15.3. The first-order valence-corrected chi connectivity index (χ1v) is 8.73. The highest BCUT2D eigenvalue weighted by atomic mass is 16.5. The first-order chi connectivity index (χ1) is 13.6. The molecule has 3 rings (SSSR count). The van der Waals surface area contributed by atoms with E-state index in [2.05, 4.69) is 0 Å². The number of rotatable bonds is 8. The molecule has 2 aromatic rings. The molecule has 0 aliphatic carbocycles. The number of carbonyl (C=O) groups excluding carboxylic acids is 2. The summed E-state index contributed by atoms with van der Waals surface area (Å²) in [7, 11) is 1.52. The molecule has 1 aliphatic rings. The second kappa shape index (κ2) is 8.73. The molecular formula is C20H21NO7. The Morgan fingerprint density at radius 3 is 2.54 bits per heavy atom. The van der Waals surface area contributed by atoms with Gasteiger partial charge in [-0.1, -0.05) is 0 Å². The van der Waals surface area contributed by atoms with Crippen molar-refractivity contribution in [2.24, 2.45) is 0 Å². The maximum absolute atomic E-state index is 12.7. The predicted octanol–water partition coefficient (Wildman–Crippen LogP) is 1.72. The second-order valence-corrected chi connectivity index (χ2v) is 6.07. The number of amides is 1. The number of aliphatic hydroxyl groups is 2. The maximum Gasteiger partial charge on any atom is 0.295 e. The standard InChI is InChI=1S/C20H21NO7/c1-26-14-6-4-13(5-7-14)18(23)16-17(15-3-2-10-28-15)21(20(25)19(16)24)8-11-27-12-9-22/h2-7,10,17,22-23H,8-9,11-12H2,1H3. The van der Waals surface area contributed by atoms with E-state index in [4.69, 9.17) is 19.0 Å². The number of furan rings is 1. The van der Waals surface area contributed by atoms with Crippen molar-refractivity contribution in [3.63, 3.8) is 0 Å². The fourth-order valence-corrected chi connectivity index (χ4v) is 3.09. The lowest BCUT2D eigenvalue weighted by Gasteiger charge is -2.23. The van der Waals surface area contributed by atoms with Gasteiger partial charge in [-0.3, -0.25) is 9.59 Å². The number of likely N-dealkylation sites (tertiary alicyclic amines) is 1. The van der Waals surface area contributed by atoms with Crippen LogP contribution in [0.5, 0.6) is 5.75 Å². The average Bonchev–Trinajstić information content (AvgIpc) is 3.33. The van der Waals surface area contributed by atoms with Gasteiger partial charge >= 0.3 is 0 Å². The molecule has 2 heterocycles. The molecule has 0 saturated carbocycles. The Labute approximate surface area is 161 Å². The largest absolute Gasteiger partial charge is 0.507 e. The van der Waals surface area contributed by atoms with Crippen LogP contribution in [-0.4, -0.2) is 60.3 Å². The van der Waals surface area contributed by atoms with Crippen LogP contribution in [0.4, 0.5) is 0 Å². The third-order valence-electron chi connectivity index (χ3n) is 4.43. The highest BCUT2D eigenvalue weighted by Gasteiger charge is 2.47. The lowest BCUT2D eigenvalue weighted by Crippen LogP contribution is -2.33. The van der Waals surface area contributed by atoms with Crippen LogP contribution in [0.1, 0.15) is 17.4 Å². The number of hydrogen-bond donors (Lipinski definition) is 2. The van der Waals surface area contributed by atoms with Gasteiger partial charge in [0, 0.05) is 12.1 Å². The van der Waals surface area contributed by atoms with E-state index in [0.717, 1.165) is 0 Å². The van der Waals surface area contributed by atoms with Crippen LogP contribution in [0.15, 0.2) is 52.7 Å². The molecule has 1 fully saturated rings. The van der Waals surface area contributed by atoms with Crippen molar-refractivity contribution < 1.29 is 33.7 Å². The van der Waals surface area contributed by atoms with Crippen molar-refractivity contribution in [3.05, 3.63) is 59.6 Å². The van der Waals surface area contributed by atoms with Crippen LogP contribution in [0.2, 0.25) is 0 Å². The van der Waals surface area contributed by atoms with Crippen LogP contribution >= 0.6 is 0 Å². The Bertz CT molecular complexity index is 855. The number of benzene rings is 1. The minimum atomic E-state index is -0.866. The Morgan fingerprint density at radius 2 is 1.93 bits per heavy atom. The first kappa shape index (κ1) is 19.7. The van der Waals surface area contributed by atoms with Crippen molar-refractivity contribution in [3.8, 4) is 5.75 Å². The molecule has 2 N–H and O–H groups in total. The third kappa shape index (κ3) is 3.78. The third-order valence-corrected chi connectivity index (χ3v) is 4.43. The van der Waals surface area contributed by atoms with Gasteiger partial charge in [0.15, 0.2) is 0 Å². The topological polar surface area (TPSA) is 109 Å². The summed E-state index contributed by atoms with van der Waals surface area (Å²) >= 11 is 0. The van der Waals surface area contributed by atoms with E-state index >= 15 is 0 Å². The Hall–Kier alpha value is -3.10. The number of aliphatic hydroxyl groups excluding tert-OH is 2. The van der Waals surface area contributed by atoms with Gasteiger partial charge in [-0.2, -0.15) is 0 Å². The molecule has 8 heteroatoms. The monoisotopic (exact) mass is 387 g/mol. The van der Waals surface area contributed by atoms with Crippen molar-refractivity contribution in [1.29, 1.82) is 0 Å². The molecule has 1 aliphatic heterocycles. The summed E-state index contributed by atoms with van der Waals surface area (Å²) in [4.78, 5) is 26.6. The summed E-state index contributed by atoms with van der Waals surface area (Å²) in [5.74, 6) is -0.876. The molecule has 1 aromatic heterocycles. The number of ketones is 1. The minimum absolute atomic E-state index is 0.0488. The van der Waals surface area contributed by atoms with Gasteiger partial charge in [0.1, 0.15) is 23.3 Å². The van der Waals surface area contributed by atoms with Crippen molar-refractivity contribution in [2.75, 3.05) is 33.5 Å². The summed E-state index contributed by atoms with van der Waals surface area (Å²) in [6, 6.07) is 8.92. The fourth-order valence-electron chi connectivity index (χ4n) is 3.09. The number of Topliss-reactive ketones (excluding diaryl/α,β-unsaturated/α-hetero) is 1. The minimum Gasteiger partial charge on any atom is -0.507 e. The van der Waals surface area contributed by atoms with Crippen LogP contribution in [0.25, 0.3) is 5.76 Å². The predicted molar refractivity (Wildman–Crippen MR) is 98.6 cm³/mol. The van der Waals surface area contributed by atoms with E-state index in [1.165, 1.54) is 18.3 Å². The van der Waals surface area contributed by atoms with Crippen LogP contribution in [-0.2, 0) is 14.3 Å². The summed E-state index contributed by atoms with van der Waals surface area (Å²) in [6.07, 6.45) is 1.44. The highest BCUT2D eigenvalue weighted by molar-refractivity contribution is 6.46. The van der Waals surface area contributed by atoms with Crippen LogP contribution in [0, 0.1) is 0 Å². The molecule has 1 saturated heterocycles. The smallest absolute Gasteiger partial charge is 0.295 e. The molecule has 1 amide bonds. The van der Waals surface area contributed by atoms with Gasteiger partial charge in [-0.15, -0.1) is 0 Å². The molecule has 1 unspecified atom stereocenters. The summed E-state index contributed by atoms with van der Waals surface area (Å²) in [6.45, 7) is 0.224. The summed E-state index contributed by atoms with van der Waals surface area (Å²) < 4.78 is 15.8. The zero-order valence-electron chi connectivity index (χ0n) is 15.3. The lowest BCUT2D eigenvalue weighted by atomic mass is 9.99. The van der Waals surface area contributed by atoms with Gasteiger partial charge in [0.25, 0.3) is 11.7 Å². The summed E-state index contributed by atoms with van der Waals surface area (Å²) in [5.41, 5.74) is 0.333. The fraction of sp³-hybridized carbons (Fsp3) is 0.300. The van der Waals surface area contributed by atoms with Crippen molar-refractivity contribution >= 4 is 17.4 Å². The number of carbonyl (C=O) groups is 2. The van der Waals surface area contributed by atoms with Crippen molar-refractivity contribution in [2.45, 2.75) is 6.04 Å². The SMILES string of the molecule is COc1ccc(C(O)=C2C(=O)C(=O)N(CCOCCO)C2c2ccco2)cc1. The average molecular weight is 387 g/mol. The zero-order chi connectivity index (χ0) is 20.1. The van der Waals surface area contributed by atoms with Crippen molar-refractivity contribution in [1.82, 2.24) is 4.90 Å². The van der Waals surface area contributed by atoms with Gasteiger partial charge in [0.2, 0.25) is 0 Å². The molecule has 1 atom stereocenters. The van der Waals surface area contributed by atoms with E-state index in [-0.39, 0.29) is 37.7 Å². The molecule has 148 valence electrons. The van der Waals surface area contributed by atoms with E-state index in [1.807, 2.05) is 0 Å². The van der Waals surface area contributed by atoms with Gasteiger partial charge < -0.3 is 29.0 Å². The van der Waals surface area contributed by atoms with E-state index < -0.39 is 17.7 Å². The Morgan fingerprint density at radius 1 is 1.18 bits per heavy atom. The molecular weight excluding hydrogens is 366 g/mol. The Balaban J connectivity index is 1.99. The molecule has 0 spiro atoms. The highest BCUT2D eigenvalue weighted by Crippen LogP contribution is 2.39. The maximum atomic E-state index is 12.7. The second-order valence-electron chi connectivity index (χ2n) is 6.07. The van der Waals surface area contributed by atoms with E-state index in [9.17, 15) is 14.7 Å². The normalized spacial score (nSPS) is 18.6. The molecule has 1 aromatic carbocycles. The Kier molecular flexibility index (Phi) is 6.13. The van der Waals surface area contributed by atoms with Crippen LogP contribution in [0.3, 0.4) is 0 Å². The van der Waals surface area contributed by atoms with Crippen LogP contribution < -0.4 is 4.74 Å². The number of hydrogen-bond acceptors (Lipinski definition) is 7. The summed E-state index contributed by atoms with van der Waals surface area (Å²) in [5, 5.41) is 19.6. The molecule has 8 nitrogen and oxygen atoms in total. The van der Waals surface area contributed by atoms with Gasteiger partial charge in [0.05, 0.1) is 38.8 Å². The molecule has 0 radical (unpaired) electrons. The lowest BCUT2D eigenvalue weighted by molar-refractivity contribution is -0.140.